The molecule has 148 valence electrons. The number of amides is 2. The van der Waals surface area contributed by atoms with E-state index in [1.807, 2.05) is 42.5 Å². The number of carboxylic acids is 1. The summed E-state index contributed by atoms with van der Waals surface area (Å²) in [5, 5.41) is 12.4. The number of carbonyl (C=O) groups is 3. The molecule has 4 rings (SSSR count). The predicted molar refractivity (Wildman–Crippen MR) is 110 cm³/mol. The second kappa shape index (κ2) is 7.54. The molecule has 29 heavy (non-hydrogen) atoms. The van der Waals surface area contributed by atoms with Gasteiger partial charge in [0.25, 0.3) is 5.91 Å². The van der Waals surface area contributed by atoms with Crippen molar-refractivity contribution in [1.29, 1.82) is 0 Å². The molecule has 0 saturated heterocycles. The Morgan fingerprint density at radius 2 is 1.66 bits per heavy atom. The first kappa shape index (κ1) is 18.9. The lowest BCUT2D eigenvalue weighted by molar-refractivity contribution is -0.146. The molecule has 2 bridgehead atoms. The summed E-state index contributed by atoms with van der Waals surface area (Å²) in [6.07, 6.45) is 4.56. The lowest BCUT2D eigenvalue weighted by Gasteiger charge is -2.24. The molecule has 0 aromatic heterocycles. The number of nitrogens with zero attached hydrogens (tertiary/aromatic N) is 1. The standard InChI is InChI=1S/C23H22N2O4/c1-25(18-8-3-2-4-9-18)22(27)16-6-5-7-17(13-16)24-21(26)19-14-10-11-15(12-14)20(19)23(28)29/h2-11,13-15,19-20H,12H2,1H3,(H,24,26)(H,28,29). The summed E-state index contributed by atoms with van der Waals surface area (Å²) in [5.74, 6) is -2.85. The smallest absolute Gasteiger partial charge is 0.307 e. The Balaban J connectivity index is 1.51. The molecule has 0 spiro atoms. The van der Waals surface area contributed by atoms with Crippen LogP contribution in [0.3, 0.4) is 0 Å². The van der Waals surface area contributed by atoms with Crippen molar-refractivity contribution in [3.8, 4) is 0 Å². The molecule has 0 heterocycles. The van der Waals surface area contributed by atoms with Gasteiger partial charge in [0, 0.05) is 24.0 Å². The van der Waals surface area contributed by atoms with Gasteiger partial charge in [0.15, 0.2) is 0 Å². The molecule has 6 nitrogen and oxygen atoms in total. The molecule has 2 aliphatic carbocycles. The van der Waals surface area contributed by atoms with Crippen LogP contribution in [0.1, 0.15) is 16.8 Å². The van der Waals surface area contributed by atoms with E-state index >= 15 is 0 Å². The molecule has 4 atom stereocenters. The van der Waals surface area contributed by atoms with Crippen molar-refractivity contribution < 1.29 is 19.5 Å². The van der Waals surface area contributed by atoms with Gasteiger partial charge in [-0.05, 0) is 48.6 Å². The second-order valence-corrected chi connectivity index (χ2v) is 7.61. The highest BCUT2D eigenvalue weighted by molar-refractivity contribution is 6.07. The number of aliphatic carboxylic acids is 1. The summed E-state index contributed by atoms with van der Waals surface area (Å²) in [5.41, 5.74) is 1.69. The van der Waals surface area contributed by atoms with Gasteiger partial charge < -0.3 is 15.3 Å². The Morgan fingerprint density at radius 1 is 0.966 bits per heavy atom. The van der Waals surface area contributed by atoms with E-state index in [9.17, 15) is 19.5 Å². The zero-order chi connectivity index (χ0) is 20.5. The maximum Gasteiger partial charge on any atom is 0.307 e. The topological polar surface area (TPSA) is 86.7 Å². The highest BCUT2D eigenvalue weighted by Gasteiger charge is 2.51. The minimum Gasteiger partial charge on any atom is -0.481 e. The summed E-state index contributed by atoms with van der Waals surface area (Å²) in [7, 11) is 1.70. The molecule has 0 radical (unpaired) electrons. The van der Waals surface area contributed by atoms with E-state index in [4.69, 9.17) is 0 Å². The second-order valence-electron chi connectivity index (χ2n) is 7.61. The average molecular weight is 390 g/mol. The van der Waals surface area contributed by atoms with Crippen LogP contribution in [0.5, 0.6) is 0 Å². The SMILES string of the molecule is CN(C(=O)c1cccc(NC(=O)C2C3C=CC(C3)C2C(=O)O)c1)c1ccccc1. The molecule has 2 aliphatic rings. The van der Waals surface area contributed by atoms with Crippen LogP contribution < -0.4 is 10.2 Å². The number of nitrogens with one attached hydrogen (secondary N) is 1. The van der Waals surface area contributed by atoms with E-state index in [1.54, 1.807) is 36.2 Å². The number of carboxylic acid groups (broad SMARTS) is 1. The first-order valence-corrected chi connectivity index (χ1v) is 9.61. The monoisotopic (exact) mass is 390 g/mol. The Morgan fingerprint density at radius 3 is 2.34 bits per heavy atom. The molecule has 0 aliphatic heterocycles. The van der Waals surface area contributed by atoms with Crippen LogP contribution in [0, 0.1) is 23.7 Å². The van der Waals surface area contributed by atoms with Gasteiger partial charge in [0.1, 0.15) is 0 Å². The minimum absolute atomic E-state index is 0.0462. The highest BCUT2D eigenvalue weighted by atomic mass is 16.4. The molecular weight excluding hydrogens is 368 g/mol. The van der Waals surface area contributed by atoms with Crippen LogP contribution in [0.25, 0.3) is 0 Å². The summed E-state index contributed by atoms with van der Waals surface area (Å²) < 4.78 is 0. The molecule has 1 fully saturated rings. The summed E-state index contributed by atoms with van der Waals surface area (Å²) in [6.45, 7) is 0. The molecule has 2 N–H and O–H groups in total. The van der Waals surface area contributed by atoms with Gasteiger partial charge in [-0.2, -0.15) is 0 Å². The lowest BCUT2D eigenvalue weighted by Crippen LogP contribution is -2.36. The van der Waals surface area contributed by atoms with Crippen molar-refractivity contribution >= 4 is 29.2 Å². The van der Waals surface area contributed by atoms with Gasteiger partial charge in [-0.1, -0.05) is 36.4 Å². The maximum absolute atomic E-state index is 12.9. The first-order valence-electron chi connectivity index (χ1n) is 9.61. The number of fused-ring (bicyclic) bond motifs is 2. The van der Waals surface area contributed by atoms with Crippen LogP contribution in [0.15, 0.2) is 66.7 Å². The van der Waals surface area contributed by atoms with Gasteiger partial charge in [0.05, 0.1) is 11.8 Å². The van der Waals surface area contributed by atoms with Crippen LogP contribution in [0.4, 0.5) is 11.4 Å². The molecule has 2 aromatic rings. The van der Waals surface area contributed by atoms with Crippen LogP contribution in [0.2, 0.25) is 0 Å². The molecule has 6 heteroatoms. The summed E-state index contributed by atoms with van der Waals surface area (Å²) in [6, 6.07) is 16.0. The van der Waals surface area contributed by atoms with Crippen LogP contribution in [-0.4, -0.2) is 29.9 Å². The number of allylic oxidation sites excluding steroid dienone is 2. The van der Waals surface area contributed by atoms with E-state index in [2.05, 4.69) is 5.32 Å². The number of benzene rings is 2. The maximum atomic E-state index is 12.9. The third kappa shape index (κ3) is 3.53. The van der Waals surface area contributed by atoms with Gasteiger partial charge >= 0.3 is 5.97 Å². The van der Waals surface area contributed by atoms with E-state index in [-0.39, 0.29) is 23.7 Å². The number of anilines is 2. The van der Waals surface area contributed by atoms with Crippen molar-refractivity contribution in [2.75, 3.05) is 17.3 Å². The van der Waals surface area contributed by atoms with Crippen molar-refractivity contribution in [3.63, 3.8) is 0 Å². The Labute approximate surface area is 168 Å². The summed E-state index contributed by atoms with van der Waals surface area (Å²) in [4.78, 5) is 38.9. The third-order valence-corrected chi connectivity index (χ3v) is 5.87. The molecule has 4 unspecified atom stereocenters. The van der Waals surface area contributed by atoms with E-state index in [1.165, 1.54) is 0 Å². The van der Waals surface area contributed by atoms with E-state index in [0.717, 1.165) is 5.69 Å². The minimum atomic E-state index is -0.935. The number of para-hydroxylation sites is 1. The van der Waals surface area contributed by atoms with E-state index in [0.29, 0.717) is 17.7 Å². The van der Waals surface area contributed by atoms with Gasteiger partial charge in [-0.3, -0.25) is 14.4 Å². The molecule has 2 amide bonds. The fourth-order valence-corrected chi connectivity index (χ4v) is 4.43. The zero-order valence-corrected chi connectivity index (χ0v) is 16.0. The fourth-order valence-electron chi connectivity index (χ4n) is 4.43. The fraction of sp³-hybridized carbons (Fsp3) is 0.261. The molecule has 2 aromatic carbocycles. The Bertz CT molecular complexity index is 985. The van der Waals surface area contributed by atoms with Crippen molar-refractivity contribution in [1.82, 2.24) is 0 Å². The van der Waals surface area contributed by atoms with Gasteiger partial charge in [-0.15, -0.1) is 0 Å². The first-order chi connectivity index (χ1) is 14.0. The highest BCUT2D eigenvalue weighted by Crippen LogP contribution is 2.48. The number of hydrogen-bond donors (Lipinski definition) is 2. The van der Waals surface area contributed by atoms with E-state index < -0.39 is 17.8 Å². The lowest BCUT2D eigenvalue weighted by atomic mass is 9.82. The van der Waals surface area contributed by atoms with Crippen molar-refractivity contribution in [3.05, 3.63) is 72.3 Å². The van der Waals surface area contributed by atoms with Crippen molar-refractivity contribution in [2.45, 2.75) is 6.42 Å². The summed E-state index contributed by atoms with van der Waals surface area (Å²) >= 11 is 0. The quantitative estimate of drug-likeness (QED) is 0.766. The van der Waals surface area contributed by atoms with Gasteiger partial charge in [0.2, 0.25) is 5.91 Å². The number of hydrogen-bond acceptors (Lipinski definition) is 3. The average Bonchev–Trinajstić information content (AvgIpc) is 3.35. The molecular formula is C23H22N2O4. The van der Waals surface area contributed by atoms with Crippen molar-refractivity contribution in [2.24, 2.45) is 23.7 Å². The largest absolute Gasteiger partial charge is 0.481 e. The normalized spacial score (nSPS) is 24.3. The zero-order valence-electron chi connectivity index (χ0n) is 16.0. The number of carbonyl (C=O) groups excluding carboxylic acids is 2. The Kier molecular flexibility index (Phi) is 4.92. The number of rotatable bonds is 5. The third-order valence-electron chi connectivity index (χ3n) is 5.87. The van der Waals surface area contributed by atoms with Crippen LogP contribution in [-0.2, 0) is 9.59 Å². The van der Waals surface area contributed by atoms with Gasteiger partial charge in [-0.25, -0.2) is 0 Å². The predicted octanol–water partition coefficient (Wildman–Crippen LogP) is 3.42. The van der Waals surface area contributed by atoms with Crippen LogP contribution >= 0.6 is 0 Å². The Hall–Kier alpha value is -3.41. The molecule has 1 saturated carbocycles.